The van der Waals surface area contributed by atoms with Gasteiger partial charge >= 0.3 is 0 Å². The van der Waals surface area contributed by atoms with Crippen molar-refractivity contribution < 1.29 is 8.78 Å². The summed E-state index contributed by atoms with van der Waals surface area (Å²) in [5.74, 6) is 0. The van der Waals surface area contributed by atoms with Crippen molar-refractivity contribution in [3.05, 3.63) is 26.4 Å². The molecule has 0 N–H and O–H groups in total. The molecule has 0 aliphatic carbocycles. The molecule has 14 heavy (non-hydrogen) atoms. The van der Waals surface area contributed by atoms with Gasteiger partial charge in [0, 0.05) is 10.7 Å². The van der Waals surface area contributed by atoms with E-state index in [1.165, 1.54) is 6.20 Å². The van der Waals surface area contributed by atoms with E-state index in [1.54, 1.807) is 0 Å². The Bertz CT molecular complexity index is 388. The Balaban J connectivity index is 3.27. The second kappa shape index (κ2) is 4.80. The van der Waals surface area contributed by atoms with Gasteiger partial charge in [-0.2, -0.15) is 5.26 Å². The molecule has 0 fully saturated rings. The molecule has 1 rings (SSSR count). The van der Waals surface area contributed by atoms with E-state index in [1.807, 2.05) is 6.07 Å². The Labute approximate surface area is 96.2 Å². The lowest BCUT2D eigenvalue weighted by Gasteiger charge is -2.07. The highest BCUT2D eigenvalue weighted by molar-refractivity contribution is 9.11. The van der Waals surface area contributed by atoms with Crippen LogP contribution in [0.25, 0.3) is 0 Å². The van der Waals surface area contributed by atoms with Gasteiger partial charge in [-0.05, 0) is 37.4 Å². The number of nitrogens with zero attached hydrogens (tertiary/aromatic N) is 2. The SMILES string of the molecule is N#CCc1c(Br)cnc(C(F)F)c1Br. The highest BCUT2D eigenvalue weighted by atomic mass is 79.9. The molecule has 6 heteroatoms. The molecule has 0 aromatic carbocycles. The minimum atomic E-state index is -2.64. The molecule has 0 aliphatic rings. The third-order valence-corrected chi connectivity index (χ3v) is 3.13. The van der Waals surface area contributed by atoms with Crippen LogP contribution in [0.1, 0.15) is 17.7 Å². The Morgan fingerprint density at radius 2 is 2.14 bits per heavy atom. The first kappa shape index (κ1) is 11.5. The van der Waals surface area contributed by atoms with Crippen LogP contribution in [-0.4, -0.2) is 4.98 Å². The molecule has 1 aromatic heterocycles. The molecule has 0 bridgehead atoms. The van der Waals surface area contributed by atoms with Gasteiger partial charge in [0.1, 0.15) is 5.69 Å². The third-order valence-electron chi connectivity index (χ3n) is 1.56. The zero-order valence-corrected chi connectivity index (χ0v) is 9.94. The van der Waals surface area contributed by atoms with Crippen LogP contribution in [0.5, 0.6) is 0 Å². The Kier molecular flexibility index (Phi) is 3.96. The zero-order chi connectivity index (χ0) is 10.7. The third kappa shape index (κ3) is 2.28. The number of pyridine rings is 1. The number of hydrogen-bond donors (Lipinski definition) is 0. The summed E-state index contributed by atoms with van der Waals surface area (Å²) in [4.78, 5) is 3.57. The molecule has 0 amide bonds. The van der Waals surface area contributed by atoms with E-state index < -0.39 is 6.43 Å². The summed E-state index contributed by atoms with van der Waals surface area (Å²) in [6, 6.07) is 1.90. The van der Waals surface area contributed by atoms with Crippen molar-refractivity contribution in [2.75, 3.05) is 0 Å². The Morgan fingerprint density at radius 1 is 1.50 bits per heavy atom. The number of hydrogen-bond acceptors (Lipinski definition) is 2. The van der Waals surface area contributed by atoms with E-state index in [0.29, 0.717) is 10.0 Å². The first-order valence-electron chi connectivity index (χ1n) is 3.55. The van der Waals surface area contributed by atoms with Crippen LogP contribution >= 0.6 is 31.9 Å². The van der Waals surface area contributed by atoms with Crippen molar-refractivity contribution in [2.45, 2.75) is 12.8 Å². The van der Waals surface area contributed by atoms with Gasteiger partial charge in [-0.3, -0.25) is 4.98 Å². The topological polar surface area (TPSA) is 36.7 Å². The highest BCUT2D eigenvalue weighted by Gasteiger charge is 2.17. The maximum atomic E-state index is 12.4. The average molecular weight is 326 g/mol. The first-order chi connectivity index (χ1) is 6.57. The molecule has 0 aliphatic heterocycles. The summed E-state index contributed by atoms with van der Waals surface area (Å²) in [6.07, 6.45) is -1.31. The van der Waals surface area contributed by atoms with E-state index in [2.05, 4.69) is 36.8 Å². The molecule has 0 atom stereocenters. The van der Waals surface area contributed by atoms with Crippen LogP contribution in [0.4, 0.5) is 8.78 Å². The summed E-state index contributed by atoms with van der Waals surface area (Å²) >= 11 is 6.15. The summed E-state index contributed by atoms with van der Waals surface area (Å²) in [7, 11) is 0. The largest absolute Gasteiger partial charge is 0.281 e. The molecule has 2 nitrogen and oxygen atoms in total. The fraction of sp³-hybridized carbons (Fsp3) is 0.250. The van der Waals surface area contributed by atoms with Gasteiger partial charge in [0.15, 0.2) is 0 Å². The lowest BCUT2D eigenvalue weighted by atomic mass is 10.2. The lowest BCUT2D eigenvalue weighted by molar-refractivity contribution is 0.145. The number of alkyl halides is 2. The number of halogens is 4. The van der Waals surface area contributed by atoms with Gasteiger partial charge in [-0.15, -0.1) is 0 Å². The van der Waals surface area contributed by atoms with E-state index in [0.717, 1.165) is 0 Å². The molecule has 0 spiro atoms. The van der Waals surface area contributed by atoms with Crippen LogP contribution in [0.3, 0.4) is 0 Å². The average Bonchev–Trinajstić information content (AvgIpc) is 2.11. The second-order valence-corrected chi connectivity index (χ2v) is 4.07. The quantitative estimate of drug-likeness (QED) is 0.832. The number of aromatic nitrogens is 1. The standard InChI is InChI=1S/C8H4Br2F2N2/c9-5-3-14-7(8(11)12)6(10)4(5)1-2-13/h3,8H,1H2. The van der Waals surface area contributed by atoms with E-state index in [4.69, 9.17) is 5.26 Å². The molecule has 0 radical (unpaired) electrons. The van der Waals surface area contributed by atoms with Crippen LogP contribution in [0, 0.1) is 11.3 Å². The van der Waals surface area contributed by atoms with Crippen LogP contribution < -0.4 is 0 Å². The molecule has 0 unspecified atom stereocenters. The maximum Gasteiger partial charge on any atom is 0.281 e. The van der Waals surface area contributed by atoms with Gasteiger partial charge in [0.05, 0.1) is 17.0 Å². The molecule has 0 saturated heterocycles. The lowest BCUT2D eigenvalue weighted by Crippen LogP contribution is -1.97. The summed E-state index contributed by atoms with van der Waals surface area (Å²) in [5, 5.41) is 8.50. The van der Waals surface area contributed by atoms with Gasteiger partial charge in [-0.25, -0.2) is 8.78 Å². The predicted octanol–water partition coefficient (Wildman–Crippen LogP) is 3.61. The predicted molar refractivity (Wildman–Crippen MR) is 53.9 cm³/mol. The number of rotatable bonds is 2. The van der Waals surface area contributed by atoms with Crippen LogP contribution in [0.2, 0.25) is 0 Å². The van der Waals surface area contributed by atoms with Crippen molar-refractivity contribution in [3.63, 3.8) is 0 Å². The first-order valence-corrected chi connectivity index (χ1v) is 5.14. The Hall–Kier alpha value is -0.540. The van der Waals surface area contributed by atoms with Crippen molar-refractivity contribution in [1.29, 1.82) is 5.26 Å². The van der Waals surface area contributed by atoms with Crippen molar-refractivity contribution in [1.82, 2.24) is 4.98 Å². The molecular weight excluding hydrogens is 322 g/mol. The summed E-state index contributed by atoms with van der Waals surface area (Å²) in [5.41, 5.74) is 0.163. The van der Waals surface area contributed by atoms with Gasteiger partial charge in [0.2, 0.25) is 0 Å². The van der Waals surface area contributed by atoms with E-state index in [-0.39, 0.29) is 16.6 Å². The molecule has 74 valence electrons. The molecule has 1 heterocycles. The van der Waals surface area contributed by atoms with Gasteiger partial charge < -0.3 is 0 Å². The molecule has 0 saturated carbocycles. The smallest absolute Gasteiger partial charge is 0.253 e. The fourth-order valence-corrected chi connectivity index (χ4v) is 2.25. The molecular formula is C8H4Br2F2N2. The normalized spacial score (nSPS) is 10.3. The van der Waals surface area contributed by atoms with Gasteiger partial charge in [0.25, 0.3) is 6.43 Å². The summed E-state index contributed by atoms with van der Waals surface area (Å²) < 4.78 is 25.5. The van der Waals surface area contributed by atoms with Crippen molar-refractivity contribution in [2.24, 2.45) is 0 Å². The minimum absolute atomic E-state index is 0.0589. The summed E-state index contributed by atoms with van der Waals surface area (Å²) in [6.45, 7) is 0. The van der Waals surface area contributed by atoms with Crippen LogP contribution in [-0.2, 0) is 6.42 Å². The van der Waals surface area contributed by atoms with E-state index >= 15 is 0 Å². The number of nitriles is 1. The second-order valence-electron chi connectivity index (χ2n) is 2.42. The molecule has 1 aromatic rings. The zero-order valence-electron chi connectivity index (χ0n) is 6.77. The van der Waals surface area contributed by atoms with Crippen LogP contribution in [0.15, 0.2) is 15.1 Å². The van der Waals surface area contributed by atoms with Crippen molar-refractivity contribution >= 4 is 31.9 Å². The Morgan fingerprint density at radius 3 is 2.64 bits per heavy atom. The minimum Gasteiger partial charge on any atom is -0.253 e. The maximum absolute atomic E-state index is 12.4. The van der Waals surface area contributed by atoms with E-state index in [9.17, 15) is 8.78 Å². The monoisotopic (exact) mass is 324 g/mol. The van der Waals surface area contributed by atoms with Gasteiger partial charge in [-0.1, -0.05) is 0 Å². The fourth-order valence-electron chi connectivity index (χ4n) is 0.913. The van der Waals surface area contributed by atoms with Crippen molar-refractivity contribution in [3.8, 4) is 6.07 Å². The highest BCUT2D eigenvalue weighted by Crippen LogP contribution is 2.32.